The zero-order chi connectivity index (χ0) is 23.0. The molecule has 1 aliphatic rings. The number of aryl methyl sites for hydroxylation is 1. The van der Waals surface area contributed by atoms with Gasteiger partial charge in [-0.1, -0.05) is 6.92 Å². The number of allylic oxidation sites excluding steroid dienone is 2. The molecule has 2 heterocycles. The van der Waals surface area contributed by atoms with Crippen LogP contribution in [0.4, 0.5) is 0 Å². The van der Waals surface area contributed by atoms with E-state index in [2.05, 4.69) is 55.9 Å². The molecular weight excluding hydrogens is 386 g/mol. The fourth-order valence-corrected chi connectivity index (χ4v) is 4.77. The Hall–Kier alpha value is -2.73. The molecule has 1 aliphatic heterocycles. The number of nitrogens with two attached hydrogens (primary N) is 2. The number of aromatic nitrogens is 1. The maximum Gasteiger partial charge on any atom is 0.127 e. The number of fused-ring (bicyclic) bond motifs is 1. The molecule has 0 spiro atoms. The second-order valence-corrected chi connectivity index (χ2v) is 10.0. The van der Waals surface area contributed by atoms with Gasteiger partial charge in [0.2, 0.25) is 0 Å². The molecule has 0 amide bonds. The lowest BCUT2D eigenvalue weighted by Gasteiger charge is -2.49. The molecule has 0 aliphatic carbocycles. The maximum atomic E-state index is 10.5. The second-order valence-electron chi connectivity index (χ2n) is 10.0. The fraction of sp³-hybridized carbons (Fsp3) is 0.480. The third-order valence-corrected chi connectivity index (χ3v) is 6.13. The van der Waals surface area contributed by atoms with Gasteiger partial charge in [-0.3, -0.25) is 4.98 Å². The van der Waals surface area contributed by atoms with Gasteiger partial charge in [-0.2, -0.15) is 0 Å². The van der Waals surface area contributed by atoms with Crippen LogP contribution in [0.1, 0.15) is 58.6 Å². The Balaban J connectivity index is 1.85. The number of nitrogens with one attached hydrogen (secondary N) is 1. The van der Waals surface area contributed by atoms with Crippen LogP contribution >= 0.6 is 0 Å². The van der Waals surface area contributed by atoms with Crippen molar-refractivity contribution in [2.24, 2.45) is 11.5 Å². The highest BCUT2D eigenvalue weighted by atomic mass is 16.3. The summed E-state index contributed by atoms with van der Waals surface area (Å²) in [5, 5.41) is 15.1. The Morgan fingerprint density at radius 3 is 2.42 bits per heavy atom. The molecule has 1 saturated heterocycles. The molecule has 6 nitrogen and oxygen atoms in total. The van der Waals surface area contributed by atoms with Gasteiger partial charge in [0.15, 0.2) is 0 Å². The van der Waals surface area contributed by atoms with Gasteiger partial charge < -0.3 is 26.8 Å². The molecule has 31 heavy (non-hydrogen) atoms. The van der Waals surface area contributed by atoms with Gasteiger partial charge in [-0.15, -0.1) is 0 Å². The van der Waals surface area contributed by atoms with E-state index in [1.165, 1.54) is 0 Å². The first-order chi connectivity index (χ1) is 14.4. The number of benzene rings is 1. The molecule has 1 fully saturated rings. The summed E-state index contributed by atoms with van der Waals surface area (Å²) < 4.78 is 0. The number of pyridine rings is 1. The lowest BCUT2D eigenvalue weighted by atomic mass is 9.79. The number of rotatable bonds is 5. The highest BCUT2D eigenvalue weighted by Crippen LogP contribution is 2.32. The Morgan fingerprint density at radius 2 is 1.81 bits per heavy atom. The number of aromatic hydroxyl groups is 1. The Morgan fingerprint density at radius 1 is 1.16 bits per heavy atom. The third-order valence-electron chi connectivity index (χ3n) is 6.13. The van der Waals surface area contributed by atoms with Crippen LogP contribution in [0.5, 0.6) is 5.75 Å². The van der Waals surface area contributed by atoms with Crippen molar-refractivity contribution in [1.29, 1.82) is 0 Å². The van der Waals surface area contributed by atoms with E-state index in [0.29, 0.717) is 23.1 Å². The van der Waals surface area contributed by atoms with Crippen LogP contribution in [0.25, 0.3) is 16.6 Å². The van der Waals surface area contributed by atoms with Gasteiger partial charge in [0.25, 0.3) is 0 Å². The first-order valence-corrected chi connectivity index (χ1v) is 11.0. The summed E-state index contributed by atoms with van der Waals surface area (Å²) in [5.41, 5.74) is 15.7. The topological polar surface area (TPSA) is 100 Å². The van der Waals surface area contributed by atoms with Crippen LogP contribution < -0.4 is 16.8 Å². The molecule has 1 aromatic carbocycles. The van der Waals surface area contributed by atoms with E-state index in [-0.39, 0.29) is 16.8 Å². The third kappa shape index (κ3) is 5.31. The summed E-state index contributed by atoms with van der Waals surface area (Å²) in [6.45, 7) is 11.0. The summed E-state index contributed by atoms with van der Waals surface area (Å²) in [5.74, 6) is 0.761. The first kappa shape index (κ1) is 22.9. The van der Waals surface area contributed by atoms with E-state index in [1.807, 2.05) is 25.4 Å². The fourth-order valence-electron chi connectivity index (χ4n) is 4.77. The van der Waals surface area contributed by atoms with Gasteiger partial charge >= 0.3 is 0 Å². The van der Waals surface area contributed by atoms with Gasteiger partial charge in [0.05, 0.1) is 11.3 Å². The lowest BCUT2D eigenvalue weighted by molar-refractivity contribution is 0.0981. The molecule has 0 unspecified atom stereocenters. The summed E-state index contributed by atoms with van der Waals surface area (Å²) in [6.07, 6.45) is 8.32. The SMILES string of the molecule is CCc1cnc2cc(O)c(/C(N)=C/C=C(\N)N(C)C3CC(C)(C)NC(C)(C)C3)cc2c1. The second kappa shape index (κ2) is 8.42. The molecule has 0 radical (unpaired) electrons. The number of hydrogen-bond acceptors (Lipinski definition) is 6. The van der Waals surface area contributed by atoms with Crippen LogP contribution in [0.15, 0.2) is 42.4 Å². The molecule has 1 aromatic heterocycles. The van der Waals surface area contributed by atoms with Crippen molar-refractivity contribution in [3.8, 4) is 5.75 Å². The highest BCUT2D eigenvalue weighted by Gasteiger charge is 2.39. The lowest BCUT2D eigenvalue weighted by Crippen LogP contribution is -2.61. The van der Waals surface area contributed by atoms with Gasteiger partial charge in [-0.25, -0.2) is 0 Å². The Kier molecular flexibility index (Phi) is 6.23. The standard InChI is InChI=1S/C25H37N5O/c1-7-16-10-17-11-19(22(31)12-21(17)28-15-16)20(26)8-9-23(27)30(6)18-13-24(2,3)29-25(4,5)14-18/h8-12,15,18,29,31H,7,13-14,26-27H2,1-6H3/b20-8-,23-9+. The molecule has 3 rings (SSSR count). The van der Waals surface area contributed by atoms with E-state index in [1.54, 1.807) is 12.1 Å². The predicted octanol–water partition coefficient (Wildman–Crippen LogP) is 3.84. The zero-order valence-corrected chi connectivity index (χ0v) is 19.7. The average molecular weight is 424 g/mol. The van der Waals surface area contributed by atoms with Crippen LogP contribution in [0, 0.1) is 0 Å². The van der Waals surface area contributed by atoms with Gasteiger partial charge in [0, 0.05) is 53.1 Å². The minimum Gasteiger partial charge on any atom is -0.507 e. The van der Waals surface area contributed by atoms with E-state index in [0.717, 1.165) is 35.7 Å². The molecule has 2 aromatic rings. The largest absolute Gasteiger partial charge is 0.507 e. The van der Waals surface area contributed by atoms with Crippen LogP contribution in [0.3, 0.4) is 0 Å². The molecule has 0 saturated carbocycles. The number of hydrogen-bond donors (Lipinski definition) is 4. The van der Waals surface area contributed by atoms with E-state index in [4.69, 9.17) is 11.5 Å². The summed E-state index contributed by atoms with van der Waals surface area (Å²) >= 11 is 0. The van der Waals surface area contributed by atoms with Crippen molar-refractivity contribution in [1.82, 2.24) is 15.2 Å². The van der Waals surface area contributed by atoms with Crippen molar-refractivity contribution in [3.63, 3.8) is 0 Å². The molecular formula is C25H37N5O. The molecule has 0 bridgehead atoms. The van der Waals surface area contributed by atoms with Crippen LogP contribution in [0.2, 0.25) is 0 Å². The Bertz CT molecular complexity index is 1010. The van der Waals surface area contributed by atoms with Crippen molar-refractivity contribution < 1.29 is 5.11 Å². The van der Waals surface area contributed by atoms with Crippen molar-refractivity contribution in [3.05, 3.63) is 53.5 Å². The van der Waals surface area contributed by atoms with Crippen molar-refractivity contribution in [2.75, 3.05) is 7.05 Å². The van der Waals surface area contributed by atoms with Gasteiger partial charge in [-0.05, 0) is 76.8 Å². The summed E-state index contributed by atoms with van der Waals surface area (Å²) in [7, 11) is 2.03. The van der Waals surface area contributed by atoms with Crippen LogP contribution in [-0.2, 0) is 6.42 Å². The number of nitrogens with zero attached hydrogens (tertiary/aromatic N) is 2. The highest BCUT2D eigenvalue weighted by molar-refractivity contribution is 5.86. The average Bonchev–Trinajstić information content (AvgIpc) is 2.67. The molecule has 6 N–H and O–H groups in total. The molecule has 6 heteroatoms. The number of piperidine rings is 1. The van der Waals surface area contributed by atoms with Crippen LogP contribution in [-0.4, -0.2) is 39.2 Å². The van der Waals surface area contributed by atoms with Crippen molar-refractivity contribution in [2.45, 2.75) is 71.0 Å². The minimum absolute atomic E-state index is 0.0398. The van der Waals surface area contributed by atoms with E-state index >= 15 is 0 Å². The smallest absolute Gasteiger partial charge is 0.127 e. The first-order valence-electron chi connectivity index (χ1n) is 11.0. The molecule has 0 atom stereocenters. The number of phenols is 1. The predicted molar refractivity (Wildman–Crippen MR) is 129 cm³/mol. The van der Waals surface area contributed by atoms with Crippen molar-refractivity contribution >= 4 is 16.6 Å². The summed E-state index contributed by atoms with van der Waals surface area (Å²) in [6, 6.07) is 5.94. The quantitative estimate of drug-likeness (QED) is 0.545. The normalized spacial score (nSPS) is 19.5. The monoisotopic (exact) mass is 423 g/mol. The minimum atomic E-state index is 0.0398. The molecule has 168 valence electrons. The summed E-state index contributed by atoms with van der Waals surface area (Å²) in [4.78, 5) is 6.55. The van der Waals surface area contributed by atoms with Gasteiger partial charge in [0.1, 0.15) is 5.75 Å². The number of phenolic OH excluding ortho intramolecular Hbond substituents is 1. The maximum absolute atomic E-state index is 10.5. The van der Waals surface area contributed by atoms with E-state index in [9.17, 15) is 5.11 Å². The van der Waals surface area contributed by atoms with E-state index < -0.39 is 0 Å². The zero-order valence-electron chi connectivity index (χ0n) is 19.7. The Labute approximate surface area is 186 Å².